The smallest absolute Gasteiger partial charge is 0.150 e. The summed E-state index contributed by atoms with van der Waals surface area (Å²) >= 11 is 4.70. The number of halogens is 3. The zero-order valence-corrected chi connectivity index (χ0v) is 12.8. The van der Waals surface area contributed by atoms with Gasteiger partial charge in [0, 0.05) is 11.9 Å². The maximum absolute atomic E-state index is 14.0. The Morgan fingerprint density at radius 2 is 1.60 bits per heavy atom. The molecule has 1 heterocycles. The zero-order valence-electron chi connectivity index (χ0n) is 10.4. The molecule has 0 radical (unpaired) electrons. The molecule has 0 fully saturated rings. The molecule has 104 valence electrons. The molecule has 0 spiro atoms. The summed E-state index contributed by atoms with van der Waals surface area (Å²) in [7, 11) is 0. The van der Waals surface area contributed by atoms with Crippen LogP contribution < -0.4 is 8.61 Å². The van der Waals surface area contributed by atoms with Gasteiger partial charge in [-0.05, 0) is 24.3 Å². The molecule has 0 aliphatic carbocycles. The van der Waals surface area contributed by atoms with Gasteiger partial charge in [-0.3, -0.25) is 8.61 Å². The lowest BCUT2D eigenvalue weighted by Gasteiger charge is -2.19. The first-order valence-corrected chi connectivity index (χ1v) is 7.92. The van der Waals surface area contributed by atoms with Crippen LogP contribution in [0.15, 0.2) is 42.5 Å². The number of hydrogen-bond acceptors (Lipinski definition) is 3. The van der Waals surface area contributed by atoms with Crippen LogP contribution in [-0.4, -0.2) is 11.9 Å². The number of hydrogen-bond donors (Lipinski definition) is 0. The quantitative estimate of drug-likeness (QED) is 0.571. The van der Waals surface area contributed by atoms with Crippen LogP contribution in [0.3, 0.4) is 0 Å². The van der Waals surface area contributed by atoms with Crippen LogP contribution in [0.5, 0.6) is 0 Å². The number of benzene rings is 2. The van der Waals surface area contributed by atoms with Crippen molar-refractivity contribution in [3.05, 3.63) is 54.1 Å². The molecular weight excluding hydrogens is 346 g/mol. The minimum absolute atomic E-state index is 0.0259. The van der Waals surface area contributed by atoms with Crippen LogP contribution in [0.1, 0.15) is 0 Å². The summed E-state index contributed by atoms with van der Waals surface area (Å²) in [6.45, 7) is 0.744. The minimum Gasteiger partial charge on any atom is -0.295 e. The molecule has 0 atom stereocenters. The van der Waals surface area contributed by atoms with Crippen LogP contribution in [0, 0.1) is 11.6 Å². The second-order valence-electron chi connectivity index (χ2n) is 4.23. The van der Waals surface area contributed by atoms with Crippen molar-refractivity contribution in [3.63, 3.8) is 0 Å². The van der Waals surface area contributed by atoms with Gasteiger partial charge in [0.2, 0.25) is 0 Å². The van der Waals surface area contributed by atoms with Gasteiger partial charge in [-0.15, -0.1) is 0 Å². The standard InChI is InChI=1S/C14H11BrF2N2S/c15-8-9-18-12-6-1-2-7-13(12)19(20-18)14-10(16)4-3-5-11(14)17/h1-7H,8-9H2. The Kier molecular flexibility index (Phi) is 3.85. The van der Waals surface area contributed by atoms with Crippen molar-refractivity contribution >= 4 is 45.1 Å². The second kappa shape index (κ2) is 5.61. The van der Waals surface area contributed by atoms with Gasteiger partial charge in [0.25, 0.3) is 0 Å². The minimum atomic E-state index is -0.562. The Morgan fingerprint density at radius 3 is 2.25 bits per heavy atom. The molecule has 0 amide bonds. The summed E-state index contributed by atoms with van der Waals surface area (Å²) in [5.41, 5.74) is 1.73. The predicted molar refractivity (Wildman–Crippen MR) is 83.7 cm³/mol. The summed E-state index contributed by atoms with van der Waals surface area (Å²) in [6.07, 6.45) is 0. The van der Waals surface area contributed by atoms with E-state index in [1.165, 1.54) is 30.3 Å². The average Bonchev–Trinajstić information content (AvgIpc) is 2.79. The predicted octanol–water partition coefficient (Wildman–Crippen LogP) is 4.88. The van der Waals surface area contributed by atoms with Crippen molar-refractivity contribution in [3.8, 4) is 0 Å². The van der Waals surface area contributed by atoms with Crippen LogP contribution in [-0.2, 0) is 0 Å². The van der Waals surface area contributed by atoms with Crippen molar-refractivity contribution in [2.24, 2.45) is 0 Å². The van der Waals surface area contributed by atoms with Crippen LogP contribution >= 0.6 is 28.1 Å². The fourth-order valence-corrected chi connectivity index (χ4v) is 3.82. The zero-order chi connectivity index (χ0) is 14.1. The molecule has 20 heavy (non-hydrogen) atoms. The van der Waals surface area contributed by atoms with E-state index in [0.29, 0.717) is 0 Å². The highest BCUT2D eigenvalue weighted by atomic mass is 79.9. The lowest BCUT2D eigenvalue weighted by atomic mass is 10.2. The van der Waals surface area contributed by atoms with Crippen LogP contribution in [0.2, 0.25) is 0 Å². The molecule has 0 bridgehead atoms. The Hall–Kier alpha value is -1.27. The van der Waals surface area contributed by atoms with Crippen molar-refractivity contribution in [1.29, 1.82) is 0 Å². The van der Waals surface area contributed by atoms with Gasteiger partial charge in [0.05, 0.1) is 23.5 Å². The van der Waals surface area contributed by atoms with Crippen molar-refractivity contribution in [1.82, 2.24) is 0 Å². The fourth-order valence-electron chi connectivity index (χ4n) is 2.12. The molecular formula is C14H11BrF2N2S. The monoisotopic (exact) mass is 356 g/mol. The maximum atomic E-state index is 14.0. The average molecular weight is 357 g/mol. The number of alkyl halides is 1. The van der Waals surface area contributed by atoms with E-state index in [-0.39, 0.29) is 5.69 Å². The van der Waals surface area contributed by atoms with Crippen molar-refractivity contribution in [2.45, 2.75) is 0 Å². The lowest BCUT2D eigenvalue weighted by Crippen LogP contribution is -2.16. The molecule has 0 unspecified atom stereocenters. The molecule has 2 aromatic rings. The van der Waals surface area contributed by atoms with Gasteiger partial charge in [-0.2, -0.15) is 0 Å². The maximum Gasteiger partial charge on any atom is 0.150 e. The molecule has 0 aromatic heterocycles. The first kappa shape index (κ1) is 13.7. The normalized spacial score (nSPS) is 13.8. The van der Waals surface area contributed by atoms with E-state index in [9.17, 15) is 8.78 Å². The molecule has 1 aliphatic rings. The third-order valence-corrected chi connectivity index (χ3v) is 4.45. The first-order chi connectivity index (χ1) is 9.72. The van der Waals surface area contributed by atoms with Gasteiger partial charge in [-0.1, -0.05) is 34.1 Å². The molecule has 1 aliphatic heterocycles. The molecule has 2 aromatic carbocycles. The second-order valence-corrected chi connectivity index (χ2v) is 5.99. The highest BCUT2D eigenvalue weighted by Gasteiger charge is 2.31. The summed E-state index contributed by atoms with van der Waals surface area (Å²) in [4.78, 5) is 0. The van der Waals surface area contributed by atoms with Crippen LogP contribution in [0.4, 0.5) is 25.8 Å². The molecule has 0 N–H and O–H groups in total. The van der Waals surface area contributed by atoms with Crippen LogP contribution in [0.25, 0.3) is 0 Å². The van der Waals surface area contributed by atoms with E-state index < -0.39 is 11.6 Å². The first-order valence-electron chi connectivity index (χ1n) is 6.07. The highest BCUT2D eigenvalue weighted by Crippen LogP contribution is 2.49. The Bertz CT molecular complexity index is 618. The van der Waals surface area contributed by atoms with E-state index in [1.807, 2.05) is 28.6 Å². The van der Waals surface area contributed by atoms with E-state index in [1.54, 1.807) is 4.31 Å². The number of fused-ring (bicyclic) bond motifs is 1. The lowest BCUT2D eigenvalue weighted by molar-refractivity contribution is 0.588. The van der Waals surface area contributed by atoms with Gasteiger partial charge in [0.15, 0.2) is 11.6 Å². The van der Waals surface area contributed by atoms with E-state index in [2.05, 4.69) is 15.9 Å². The summed E-state index contributed by atoms with van der Waals surface area (Å²) < 4.78 is 31.6. The third-order valence-electron chi connectivity index (χ3n) is 2.98. The molecule has 2 nitrogen and oxygen atoms in total. The fraction of sp³-hybridized carbons (Fsp3) is 0.143. The summed E-state index contributed by atoms with van der Waals surface area (Å²) in [5.74, 6) is -1.12. The Balaban J connectivity index is 2.08. The number of nitrogens with zero attached hydrogens (tertiary/aromatic N) is 2. The van der Waals surface area contributed by atoms with Gasteiger partial charge < -0.3 is 0 Å². The van der Waals surface area contributed by atoms with Gasteiger partial charge >= 0.3 is 0 Å². The third kappa shape index (κ3) is 2.27. The molecule has 0 saturated carbocycles. The van der Waals surface area contributed by atoms with Crippen molar-refractivity contribution < 1.29 is 8.78 Å². The number of rotatable bonds is 3. The topological polar surface area (TPSA) is 6.48 Å². The summed E-state index contributed by atoms with van der Waals surface area (Å²) in [5, 5.41) is 0.780. The largest absolute Gasteiger partial charge is 0.295 e. The van der Waals surface area contributed by atoms with Crippen molar-refractivity contribution in [2.75, 3.05) is 20.5 Å². The number of anilines is 3. The highest BCUT2D eigenvalue weighted by molar-refractivity contribution is 9.09. The van der Waals surface area contributed by atoms with E-state index in [4.69, 9.17) is 0 Å². The molecule has 6 heteroatoms. The van der Waals surface area contributed by atoms with E-state index >= 15 is 0 Å². The van der Waals surface area contributed by atoms with Gasteiger partial charge in [0.1, 0.15) is 5.69 Å². The Labute approximate surface area is 128 Å². The van der Waals surface area contributed by atoms with E-state index in [0.717, 1.165) is 23.2 Å². The summed E-state index contributed by atoms with van der Waals surface area (Å²) in [6, 6.07) is 11.5. The Morgan fingerprint density at radius 1 is 0.950 bits per heavy atom. The SMILES string of the molecule is Fc1cccc(F)c1N1SN(CCBr)c2ccccc21. The number of para-hydroxylation sites is 3. The van der Waals surface area contributed by atoms with Gasteiger partial charge in [-0.25, -0.2) is 8.78 Å². The molecule has 3 rings (SSSR count). The molecule has 0 saturated heterocycles.